The van der Waals surface area contributed by atoms with E-state index in [4.69, 9.17) is 0 Å². The highest BCUT2D eigenvalue weighted by atomic mass is 16.3. The third-order valence-electron chi connectivity index (χ3n) is 6.68. The zero-order valence-corrected chi connectivity index (χ0v) is 22.2. The number of carbonyl (C=O) groups is 1. The molecule has 2 aromatic rings. The van der Waals surface area contributed by atoms with Gasteiger partial charge in [-0.1, -0.05) is 41.0 Å². The summed E-state index contributed by atoms with van der Waals surface area (Å²) in [7, 11) is 3.30. The molecule has 2 aromatic carbocycles. The number of nitrogens with zero attached hydrogens (tertiary/aromatic N) is 2. The van der Waals surface area contributed by atoms with Crippen molar-refractivity contribution < 1.29 is 20.1 Å². The monoisotopic (exact) mass is 488 g/mol. The van der Waals surface area contributed by atoms with E-state index >= 15 is 0 Å². The molecule has 0 spiro atoms. The molecule has 7 heteroatoms. The molecule has 1 heterocycles. The van der Waals surface area contributed by atoms with Crippen molar-refractivity contribution in [2.24, 2.45) is 0 Å². The third-order valence-corrected chi connectivity index (χ3v) is 6.68. The molecule has 0 saturated heterocycles. The zero-order chi connectivity index (χ0) is 26.6. The fraction of sp³-hybridized carbons (Fsp3) is 0.345. The number of phenolic OH excluding ortho intramolecular Hbond substituents is 3. The molecule has 36 heavy (non-hydrogen) atoms. The van der Waals surface area contributed by atoms with Gasteiger partial charge in [0.05, 0.1) is 16.9 Å². The fourth-order valence-corrected chi connectivity index (χ4v) is 4.45. The van der Waals surface area contributed by atoms with Crippen molar-refractivity contribution in [3.63, 3.8) is 0 Å². The Labute approximate surface area is 215 Å². The van der Waals surface area contributed by atoms with Crippen LogP contribution in [0.25, 0.3) is 0 Å². The average molecular weight is 488 g/mol. The van der Waals surface area contributed by atoms with Gasteiger partial charge in [-0.3, -0.25) is 4.79 Å². The van der Waals surface area contributed by atoms with Crippen LogP contribution in [0.5, 0.6) is 17.2 Å². The maximum Gasteiger partial charge on any atom is 0.260 e. The van der Waals surface area contributed by atoms with Crippen LogP contribution < -0.4 is 15.3 Å². The Balaban J connectivity index is 1.89. The van der Waals surface area contributed by atoms with E-state index < -0.39 is 0 Å². The van der Waals surface area contributed by atoms with E-state index in [0.29, 0.717) is 28.1 Å². The minimum absolute atomic E-state index is 0.0558. The van der Waals surface area contributed by atoms with Crippen molar-refractivity contribution in [3.05, 3.63) is 64.8 Å². The minimum atomic E-state index is -0.312. The smallest absolute Gasteiger partial charge is 0.260 e. The highest BCUT2D eigenvalue weighted by molar-refractivity contribution is 6.37. The second kappa shape index (κ2) is 11.4. The number of hydrogen-bond acceptors (Lipinski definition) is 5. The average Bonchev–Trinajstić information content (AvgIpc) is 2.89. The number of rotatable bonds is 8. The highest BCUT2D eigenvalue weighted by Crippen LogP contribution is 2.48. The molecule has 3 N–H and O–H groups in total. The van der Waals surface area contributed by atoms with Crippen LogP contribution in [0.15, 0.2) is 59.2 Å². The van der Waals surface area contributed by atoms with E-state index in [-0.39, 0.29) is 29.7 Å². The van der Waals surface area contributed by atoms with Crippen molar-refractivity contribution in [1.29, 1.82) is 0 Å². The normalized spacial score (nSPS) is 13.9. The number of para-hydroxylation sites is 1. The summed E-state index contributed by atoms with van der Waals surface area (Å²) in [5.74, 6) is -0.592. The van der Waals surface area contributed by atoms with Crippen molar-refractivity contribution in [2.45, 2.75) is 53.4 Å². The predicted octanol–water partition coefficient (Wildman–Crippen LogP) is 5.21. The molecular formula is C29H37BN2O4. The Bertz CT molecular complexity index is 1240. The molecule has 6 nitrogen and oxygen atoms in total. The van der Waals surface area contributed by atoms with Crippen molar-refractivity contribution >= 4 is 36.3 Å². The van der Waals surface area contributed by atoms with Crippen LogP contribution in [-0.4, -0.2) is 42.7 Å². The zero-order valence-electron chi connectivity index (χ0n) is 22.2. The van der Waals surface area contributed by atoms with Gasteiger partial charge in [-0.25, -0.2) is 0 Å². The van der Waals surface area contributed by atoms with Gasteiger partial charge in [0.2, 0.25) is 0 Å². The first-order valence-corrected chi connectivity index (χ1v) is 12.4. The lowest BCUT2D eigenvalue weighted by atomic mass is 9.91. The Morgan fingerprint density at radius 3 is 2.22 bits per heavy atom. The number of aromatic hydroxyl groups is 3. The minimum Gasteiger partial charge on any atom is -0.508 e. The number of hydrogen-bond donors (Lipinski definition) is 3. The van der Waals surface area contributed by atoms with Crippen molar-refractivity contribution in [1.82, 2.24) is 0 Å². The molecule has 0 aromatic heterocycles. The second-order valence-corrected chi connectivity index (χ2v) is 9.84. The summed E-state index contributed by atoms with van der Waals surface area (Å²) in [6.07, 6.45) is 10.4. The van der Waals surface area contributed by atoms with Gasteiger partial charge in [-0.15, -0.1) is 0 Å². The molecule has 3 rings (SSSR count). The Hall–Kier alpha value is -3.61. The molecule has 0 fully saturated rings. The SMILES string of the molecule is Bc1c(O)cc2c(c1O)N(C)c1c(O)cccc1C(=O)N2C/C=C(\C)CC/C=C(\C)CCC=C(C)C. The van der Waals surface area contributed by atoms with Crippen molar-refractivity contribution in [2.75, 3.05) is 23.4 Å². The standard InChI is InChI=1S/C29H37BN2O4/c1-18(2)9-6-10-19(3)11-7-12-20(4)15-16-32-22-17-24(34)25(30)28(35)27(22)31(5)26-21(29(32)36)13-8-14-23(26)33/h8-9,11,13-15,17,33-35H,6-7,10,12,16,30H2,1-5H3/b19-11+,20-15+. The summed E-state index contributed by atoms with van der Waals surface area (Å²) in [6, 6.07) is 6.31. The van der Waals surface area contributed by atoms with Gasteiger partial charge >= 0.3 is 0 Å². The first-order chi connectivity index (χ1) is 17.0. The first kappa shape index (κ1) is 27.0. The molecule has 0 aliphatic carbocycles. The molecule has 0 radical (unpaired) electrons. The number of anilines is 3. The maximum absolute atomic E-state index is 13.7. The largest absolute Gasteiger partial charge is 0.508 e. The lowest BCUT2D eigenvalue weighted by Gasteiger charge is -2.26. The van der Waals surface area contributed by atoms with Gasteiger partial charge in [-0.2, -0.15) is 0 Å². The summed E-state index contributed by atoms with van der Waals surface area (Å²) in [5.41, 5.74) is 5.56. The number of benzene rings is 2. The lowest BCUT2D eigenvalue weighted by Crippen LogP contribution is -2.31. The molecule has 0 bridgehead atoms. The van der Waals surface area contributed by atoms with E-state index in [0.717, 1.165) is 31.3 Å². The number of fused-ring (bicyclic) bond motifs is 2. The molecule has 0 saturated carbocycles. The van der Waals surface area contributed by atoms with Gasteiger partial charge in [-0.05, 0) is 71.0 Å². The van der Waals surface area contributed by atoms with Gasteiger partial charge in [0, 0.05) is 19.7 Å². The topological polar surface area (TPSA) is 84.2 Å². The summed E-state index contributed by atoms with van der Waals surface area (Å²) in [6.45, 7) is 8.71. The van der Waals surface area contributed by atoms with Crippen LogP contribution in [-0.2, 0) is 0 Å². The second-order valence-electron chi connectivity index (χ2n) is 9.84. The summed E-state index contributed by atoms with van der Waals surface area (Å²) in [5, 5.41) is 32.0. The van der Waals surface area contributed by atoms with E-state index in [2.05, 4.69) is 32.9 Å². The summed E-state index contributed by atoms with van der Waals surface area (Å²) >= 11 is 0. The van der Waals surface area contributed by atoms with Crippen LogP contribution in [0.3, 0.4) is 0 Å². The highest BCUT2D eigenvalue weighted by Gasteiger charge is 2.33. The third kappa shape index (κ3) is 5.78. The fourth-order valence-electron chi connectivity index (χ4n) is 4.45. The Kier molecular flexibility index (Phi) is 8.56. The van der Waals surface area contributed by atoms with E-state index in [1.807, 2.05) is 13.0 Å². The van der Waals surface area contributed by atoms with E-state index in [1.165, 1.54) is 23.3 Å². The molecule has 0 atom stereocenters. The number of allylic oxidation sites excluding steroid dienone is 5. The maximum atomic E-state index is 13.7. The molecule has 0 unspecified atom stereocenters. The van der Waals surface area contributed by atoms with Gasteiger partial charge in [0.15, 0.2) is 0 Å². The van der Waals surface area contributed by atoms with Crippen LogP contribution in [0.1, 0.15) is 63.7 Å². The number of phenols is 3. The molecule has 190 valence electrons. The number of carbonyl (C=O) groups excluding carboxylic acids is 1. The van der Waals surface area contributed by atoms with Gasteiger partial charge in [0.1, 0.15) is 30.8 Å². The quantitative estimate of drug-likeness (QED) is 0.351. The molecule has 1 aliphatic rings. The van der Waals surface area contributed by atoms with Gasteiger partial charge < -0.3 is 25.1 Å². The van der Waals surface area contributed by atoms with Crippen LogP contribution in [0, 0.1) is 0 Å². The summed E-state index contributed by atoms with van der Waals surface area (Å²) in [4.78, 5) is 16.8. The molecular weight excluding hydrogens is 451 g/mol. The van der Waals surface area contributed by atoms with Crippen LogP contribution >= 0.6 is 0 Å². The van der Waals surface area contributed by atoms with Gasteiger partial charge in [0.25, 0.3) is 5.91 Å². The van der Waals surface area contributed by atoms with E-state index in [1.54, 1.807) is 36.8 Å². The Morgan fingerprint density at radius 1 is 0.917 bits per heavy atom. The molecule has 1 amide bonds. The van der Waals surface area contributed by atoms with E-state index in [9.17, 15) is 20.1 Å². The number of amides is 1. The lowest BCUT2D eigenvalue weighted by molar-refractivity contribution is 0.0990. The van der Waals surface area contributed by atoms with Crippen LogP contribution in [0.2, 0.25) is 0 Å². The summed E-state index contributed by atoms with van der Waals surface area (Å²) < 4.78 is 0. The van der Waals surface area contributed by atoms with Crippen molar-refractivity contribution in [3.8, 4) is 17.2 Å². The first-order valence-electron chi connectivity index (χ1n) is 12.4. The molecule has 1 aliphatic heterocycles. The van der Waals surface area contributed by atoms with Crippen LogP contribution in [0.4, 0.5) is 17.1 Å². The predicted molar refractivity (Wildman–Crippen MR) is 151 cm³/mol. The Morgan fingerprint density at radius 2 is 1.56 bits per heavy atom.